The van der Waals surface area contributed by atoms with Crippen LogP contribution in [0.15, 0.2) is 54.0 Å². The van der Waals surface area contributed by atoms with Crippen molar-refractivity contribution in [3.63, 3.8) is 0 Å². The van der Waals surface area contributed by atoms with Crippen LogP contribution < -0.4 is 14.2 Å². The Balaban J connectivity index is 1.29. The second-order valence-electron chi connectivity index (χ2n) is 10.9. The van der Waals surface area contributed by atoms with E-state index < -0.39 is 29.3 Å². The van der Waals surface area contributed by atoms with Crippen LogP contribution in [-0.4, -0.2) is 52.5 Å². The lowest BCUT2D eigenvalue weighted by Gasteiger charge is -2.38. The molecule has 3 aromatic rings. The van der Waals surface area contributed by atoms with Gasteiger partial charge in [-0.25, -0.2) is 0 Å². The number of nitrogens with zero attached hydrogens (tertiary/aromatic N) is 1. The molecule has 0 spiro atoms. The van der Waals surface area contributed by atoms with Gasteiger partial charge in [-0.2, -0.15) is 0 Å². The highest BCUT2D eigenvalue weighted by Crippen LogP contribution is 2.44. The van der Waals surface area contributed by atoms with Crippen molar-refractivity contribution in [1.29, 1.82) is 0 Å². The first-order valence-electron chi connectivity index (χ1n) is 13.7. The number of ether oxygens (including phenoxy) is 3. The smallest absolute Gasteiger partial charge is 0.323 e. The minimum absolute atomic E-state index is 0.198. The van der Waals surface area contributed by atoms with Crippen LogP contribution in [0.5, 0.6) is 17.2 Å². The summed E-state index contributed by atoms with van der Waals surface area (Å²) in [5, 5.41) is 10.3. The highest BCUT2D eigenvalue weighted by Gasteiger charge is 2.37. The predicted octanol–water partition coefficient (Wildman–Crippen LogP) is 6.61. The van der Waals surface area contributed by atoms with E-state index in [1.807, 2.05) is 36.4 Å². The number of thioether (sulfide) groups is 1. The summed E-state index contributed by atoms with van der Waals surface area (Å²) in [5.74, 6) is 0.713. The summed E-state index contributed by atoms with van der Waals surface area (Å²) in [6.07, 6.45) is 5.03. The minimum atomic E-state index is -1.24. The fourth-order valence-corrected chi connectivity index (χ4v) is 6.16. The Morgan fingerprint density at radius 2 is 1.83 bits per heavy atom. The van der Waals surface area contributed by atoms with E-state index in [2.05, 4.69) is 34.3 Å². The molecule has 3 aromatic carbocycles. The molecule has 2 aliphatic heterocycles. The first-order valence-corrected chi connectivity index (χ1v) is 14.5. The van der Waals surface area contributed by atoms with Crippen LogP contribution in [0.4, 0.5) is 4.79 Å². The van der Waals surface area contributed by atoms with Gasteiger partial charge in [0.15, 0.2) is 0 Å². The molecule has 2 aliphatic rings. The number of fused-ring (bicyclic) bond motifs is 2. The molecule has 5 rings (SSSR count). The molecule has 218 valence electrons. The maximum atomic E-state index is 12.5. The SMILES string of the molecule is C=CCOc1c(C)c(C)c2c(c1C)CCC(C)(COc1ccc3cc(C=C4SC(=O)N(CC(=O)O)C4=O)ccc3c1)O2. The first-order chi connectivity index (χ1) is 20.0. The van der Waals surface area contributed by atoms with E-state index in [0.717, 1.165) is 79.8 Å². The monoisotopic (exact) mass is 587 g/mol. The average Bonchev–Trinajstić information content (AvgIpc) is 3.21. The normalized spacial score (nSPS) is 19.1. The number of carbonyl (C=O) groups is 3. The lowest BCUT2D eigenvalue weighted by Crippen LogP contribution is -2.42. The van der Waals surface area contributed by atoms with Gasteiger partial charge >= 0.3 is 5.97 Å². The molecule has 2 amide bonds. The summed E-state index contributed by atoms with van der Waals surface area (Å²) < 4.78 is 18.8. The highest BCUT2D eigenvalue weighted by atomic mass is 32.2. The fraction of sp³-hybridized carbons (Fsp3) is 0.303. The quantitative estimate of drug-likeness (QED) is 0.220. The number of hydrogen-bond donors (Lipinski definition) is 1. The molecular formula is C33H33NO7S. The van der Waals surface area contributed by atoms with Gasteiger partial charge in [0.1, 0.15) is 42.6 Å². The maximum absolute atomic E-state index is 12.5. The van der Waals surface area contributed by atoms with Crippen LogP contribution in [0.25, 0.3) is 16.8 Å². The second-order valence-corrected chi connectivity index (χ2v) is 11.9. The van der Waals surface area contributed by atoms with Gasteiger partial charge in [-0.1, -0.05) is 30.9 Å². The average molecular weight is 588 g/mol. The van der Waals surface area contributed by atoms with E-state index in [9.17, 15) is 14.4 Å². The highest BCUT2D eigenvalue weighted by molar-refractivity contribution is 8.18. The number of benzene rings is 3. The molecule has 8 nitrogen and oxygen atoms in total. The largest absolute Gasteiger partial charge is 0.489 e. The number of aliphatic carboxylic acids is 1. The van der Waals surface area contributed by atoms with Crippen LogP contribution >= 0.6 is 11.8 Å². The van der Waals surface area contributed by atoms with Gasteiger partial charge < -0.3 is 19.3 Å². The van der Waals surface area contributed by atoms with Crippen molar-refractivity contribution in [2.75, 3.05) is 19.8 Å². The Morgan fingerprint density at radius 3 is 2.57 bits per heavy atom. The van der Waals surface area contributed by atoms with Crippen LogP contribution in [-0.2, 0) is 16.0 Å². The van der Waals surface area contributed by atoms with Crippen molar-refractivity contribution in [2.24, 2.45) is 0 Å². The van der Waals surface area contributed by atoms with E-state index in [4.69, 9.17) is 19.3 Å². The van der Waals surface area contributed by atoms with E-state index in [0.29, 0.717) is 13.2 Å². The van der Waals surface area contributed by atoms with Gasteiger partial charge in [-0.05, 0) is 110 Å². The standard InChI is InChI=1S/C33H33NO7S/c1-6-13-39-29-19(2)20(3)30-26(21(29)4)11-12-33(5,41-30)18-40-25-10-9-23-14-22(7-8-24(23)16-25)15-27-31(37)34(17-28(35)36)32(38)42-27/h6-10,14-16H,1,11-13,17-18H2,2-5H3,(H,35,36). The molecule has 1 fully saturated rings. The topological polar surface area (TPSA) is 102 Å². The predicted molar refractivity (Wildman–Crippen MR) is 163 cm³/mol. The third-order valence-corrected chi connectivity index (χ3v) is 8.66. The van der Waals surface area contributed by atoms with Crippen molar-refractivity contribution in [1.82, 2.24) is 4.90 Å². The molecule has 1 N–H and O–H groups in total. The Kier molecular flexibility index (Phi) is 8.06. The fourth-order valence-electron chi connectivity index (χ4n) is 5.32. The Morgan fingerprint density at radius 1 is 1.10 bits per heavy atom. The molecular weight excluding hydrogens is 554 g/mol. The van der Waals surface area contributed by atoms with Crippen molar-refractivity contribution in [3.8, 4) is 17.2 Å². The van der Waals surface area contributed by atoms with E-state index in [-0.39, 0.29) is 4.91 Å². The lowest BCUT2D eigenvalue weighted by molar-refractivity contribution is -0.140. The third-order valence-electron chi connectivity index (χ3n) is 7.75. The summed E-state index contributed by atoms with van der Waals surface area (Å²) >= 11 is 0.741. The summed E-state index contributed by atoms with van der Waals surface area (Å²) in [6, 6.07) is 11.5. The van der Waals surface area contributed by atoms with Gasteiger partial charge in [0.05, 0.1) is 4.91 Å². The molecule has 0 aromatic heterocycles. The van der Waals surface area contributed by atoms with Gasteiger partial charge in [-0.15, -0.1) is 0 Å². The Bertz CT molecular complexity index is 1660. The minimum Gasteiger partial charge on any atom is -0.489 e. The number of carbonyl (C=O) groups excluding carboxylic acids is 2. The van der Waals surface area contributed by atoms with Gasteiger partial charge in [0.2, 0.25) is 0 Å². The van der Waals surface area contributed by atoms with E-state index >= 15 is 0 Å². The van der Waals surface area contributed by atoms with E-state index in [1.54, 1.807) is 12.2 Å². The number of carboxylic acid groups (broad SMARTS) is 1. The molecule has 0 radical (unpaired) electrons. The van der Waals surface area contributed by atoms with Crippen molar-refractivity contribution < 1.29 is 33.7 Å². The number of carboxylic acids is 1. The van der Waals surface area contributed by atoms with Crippen LogP contribution in [0.1, 0.15) is 41.2 Å². The molecule has 0 saturated carbocycles. The number of rotatable bonds is 9. The van der Waals surface area contributed by atoms with Gasteiger partial charge in [0.25, 0.3) is 11.1 Å². The molecule has 9 heteroatoms. The second kappa shape index (κ2) is 11.6. The first kappa shape index (κ1) is 29.3. The number of hydrogen-bond acceptors (Lipinski definition) is 7. The van der Waals surface area contributed by atoms with Crippen LogP contribution in [0.3, 0.4) is 0 Å². The van der Waals surface area contributed by atoms with Crippen LogP contribution in [0.2, 0.25) is 0 Å². The Labute approximate surface area is 248 Å². The zero-order chi connectivity index (χ0) is 30.2. The molecule has 1 saturated heterocycles. The molecule has 1 unspecified atom stereocenters. The number of imide groups is 1. The summed E-state index contributed by atoms with van der Waals surface area (Å²) in [5.41, 5.74) is 4.68. The molecule has 0 bridgehead atoms. The van der Waals surface area contributed by atoms with E-state index in [1.165, 1.54) is 5.56 Å². The van der Waals surface area contributed by atoms with Crippen molar-refractivity contribution in [2.45, 2.75) is 46.1 Å². The molecule has 0 aliphatic carbocycles. The zero-order valence-electron chi connectivity index (χ0n) is 24.1. The van der Waals surface area contributed by atoms with Gasteiger partial charge in [-0.3, -0.25) is 19.3 Å². The molecule has 2 heterocycles. The van der Waals surface area contributed by atoms with Gasteiger partial charge in [0, 0.05) is 5.56 Å². The summed E-state index contributed by atoms with van der Waals surface area (Å²) in [6.45, 7) is 12.2. The van der Waals surface area contributed by atoms with Crippen LogP contribution in [0, 0.1) is 20.8 Å². The lowest BCUT2D eigenvalue weighted by atomic mass is 9.87. The third kappa shape index (κ3) is 5.74. The molecule has 1 atom stereocenters. The molecule has 42 heavy (non-hydrogen) atoms. The van der Waals surface area contributed by atoms with Crippen molar-refractivity contribution in [3.05, 3.63) is 81.8 Å². The summed E-state index contributed by atoms with van der Waals surface area (Å²) in [7, 11) is 0. The summed E-state index contributed by atoms with van der Waals surface area (Å²) in [4.78, 5) is 36.4. The zero-order valence-corrected chi connectivity index (χ0v) is 24.9. The Hall–Kier alpha value is -4.24. The van der Waals surface area contributed by atoms with Crippen molar-refractivity contribution >= 4 is 45.7 Å². The number of amides is 2. The maximum Gasteiger partial charge on any atom is 0.323 e.